The van der Waals surface area contributed by atoms with Crippen molar-refractivity contribution in [3.8, 4) is 0 Å². The van der Waals surface area contributed by atoms with Gasteiger partial charge in [-0.3, -0.25) is 0 Å². The molecule has 0 aliphatic heterocycles. The van der Waals surface area contributed by atoms with Crippen molar-refractivity contribution in [1.82, 2.24) is 0 Å². The van der Waals surface area contributed by atoms with Gasteiger partial charge in [0, 0.05) is 0 Å². The van der Waals surface area contributed by atoms with E-state index in [-0.39, 0.29) is 0 Å². The van der Waals surface area contributed by atoms with Gasteiger partial charge >= 0.3 is 0 Å². The van der Waals surface area contributed by atoms with Gasteiger partial charge in [0.25, 0.3) is 0 Å². The van der Waals surface area contributed by atoms with Crippen molar-refractivity contribution in [3.63, 3.8) is 0 Å². The van der Waals surface area contributed by atoms with Crippen molar-refractivity contribution in [2.75, 3.05) is 0 Å². The van der Waals surface area contributed by atoms with Crippen LogP contribution in [0.5, 0.6) is 0 Å². The summed E-state index contributed by atoms with van der Waals surface area (Å²) in [4.78, 5) is 0. The van der Waals surface area contributed by atoms with E-state index in [9.17, 15) is 0 Å². The van der Waals surface area contributed by atoms with Crippen LogP contribution in [-0.2, 0) is 0 Å². The Bertz CT molecular complexity index is 516. The molecule has 0 aromatic heterocycles. The topological polar surface area (TPSA) is 0 Å². The summed E-state index contributed by atoms with van der Waals surface area (Å²) in [5.41, 5.74) is 0. The van der Waals surface area contributed by atoms with E-state index < -0.39 is 0 Å². The molecule has 0 heteroatoms. The summed E-state index contributed by atoms with van der Waals surface area (Å²) in [6, 6.07) is 0. The highest BCUT2D eigenvalue weighted by molar-refractivity contribution is 4.72. The van der Waals surface area contributed by atoms with Crippen molar-refractivity contribution < 1.29 is 0 Å². The van der Waals surface area contributed by atoms with E-state index >= 15 is 0 Å². The van der Waals surface area contributed by atoms with Crippen molar-refractivity contribution in [1.29, 1.82) is 0 Å². The van der Waals surface area contributed by atoms with Gasteiger partial charge in [0.2, 0.25) is 0 Å². The highest BCUT2D eigenvalue weighted by Gasteiger charge is 2.20. The Morgan fingerprint density at radius 3 is 0.389 bits per heavy atom. The van der Waals surface area contributed by atoms with Crippen molar-refractivity contribution >= 4 is 0 Å². The molecule has 326 valence electrons. The molecule has 0 bridgehead atoms. The maximum Gasteiger partial charge on any atom is -0.0386 e. The molecule has 0 atom stereocenters. The highest BCUT2D eigenvalue weighted by atomic mass is 14.3. The van der Waals surface area contributed by atoms with Crippen molar-refractivity contribution in [2.24, 2.45) is 11.8 Å². The monoisotopic (exact) mass is 759 g/mol. The quantitative estimate of drug-likeness (QED) is 0.0542. The van der Waals surface area contributed by atoms with E-state index in [1.54, 1.807) is 25.7 Å². The van der Waals surface area contributed by atoms with Gasteiger partial charge in [0.15, 0.2) is 0 Å². The Balaban J connectivity index is 4.83. The van der Waals surface area contributed by atoms with Crippen LogP contribution in [0.1, 0.15) is 336 Å². The zero-order valence-corrected chi connectivity index (χ0v) is 39.1. The minimum absolute atomic E-state index is 1.02. The van der Waals surface area contributed by atoms with E-state index in [0.29, 0.717) is 0 Å². The third-order valence-corrected chi connectivity index (χ3v) is 13.4. The molecule has 0 fully saturated rings. The second-order valence-corrected chi connectivity index (χ2v) is 18.8. The highest BCUT2D eigenvalue weighted by Crippen LogP contribution is 2.34. The molecule has 0 aliphatic rings. The van der Waals surface area contributed by atoms with Gasteiger partial charge in [-0.2, -0.15) is 0 Å². The van der Waals surface area contributed by atoms with Gasteiger partial charge in [-0.05, 0) is 11.8 Å². The number of rotatable bonds is 49. The average molecular weight is 759 g/mol. The van der Waals surface area contributed by atoms with Gasteiger partial charge in [-0.25, -0.2) is 0 Å². The van der Waals surface area contributed by atoms with Crippen LogP contribution >= 0.6 is 0 Å². The first kappa shape index (κ1) is 54.0. The SMILES string of the molecule is CCCCCCCCCCCCCC(CCCCCCCCCCCCC)C(CCCCCCCCCCCCC)CCCCCCCCCCCCC. The summed E-state index contributed by atoms with van der Waals surface area (Å²) in [5.74, 6) is 2.04. The summed E-state index contributed by atoms with van der Waals surface area (Å²) in [6.07, 6.45) is 71.3. The molecule has 0 saturated carbocycles. The average Bonchev–Trinajstić information content (AvgIpc) is 3.18. The summed E-state index contributed by atoms with van der Waals surface area (Å²) in [5, 5.41) is 0. The lowest BCUT2D eigenvalue weighted by atomic mass is 9.78. The van der Waals surface area contributed by atoms with Crippen LogP contribution in [0.3, 0.4) is 0 Å². The fourth-order valence-electron chi connectivity index (χ4n) is 9.51. The van der Waals surface area contributed by atoms with E-state index in [0.717, 1.165) is 11.8 Å². The Morgan fingerprint density at radius 1 is 0.148 bits per heavy atom. The number of hydrogen-bond donors (Lipinski definition) is 0. The van der Waals surface area contributed by atoms with Crippen molar-refractivity contribution in [2.45, 2.75) is 336 Å². The van der Waals surface area contributed by atoms with Crippen LogP contribution in [0.15, 0.2) is 0 Å². The van der Waals surface area contributed by atoms with E-state index in [4.69, 9.17) is 0 Å². The molecule has 0 rings (SSSR count). The standard InChI is InChI=1S/C54H110/c1-5-9-13-17-21-25-29-33-37-41-45-49-53(50-46-42-38-34-30-26-22-18-14-10-6-2)54(51-47-43-39-35-31-27-23-19-15-11-7-3)52-48-44-40-36-32-28-24-20-16-12-8-4/h53-54H,5-52H2,1-4H3. The predicted octanol–water partition coefficient (Wildman–Crippen LogP) is 21.0. The smallest absolute Gasteiger partial charge is 0.0386 e. The molecule has 0 aliphatic carbocycles. The van der Waals surface area contributed by atoms with Crippen LogP contribution in [0.2, 0.25) is 0 Å². The summed E-state index contributed by atoms with van der Waals surface area (Å²) in [7, 11) is 0. The van der Waals surface area contributed by atoms with E-state index in [1.165, 1.54) is 283 Å². The lowest BCUT2D eigenvalue weighted by Crippen LogP contribution is -2.16. The Kier molecular flexibility index (Phi) is 49.1. The third kappa shape index (κ3) is 43.1. The first-order valence-electron chi connectivity index (χ1n) is 26.8. The second kappa shape index (κ2) is 49.1. The predicted molar refractivity (Wildman–Crippen MR) is 251 cm³/mol. The third-order valence-electron chi connectivity index (χ3n) is 13.4. The molecule has 0 spiro atoms. The normalized spacial score (nSPS) is 11.9. The Hall–Kier alpha value is 0. The maximum absolute atomic E-state index is 2.34. The van der Waals surface area contributed by atoms with Gasteiger partial charge in [0.05, 0.1) is 0 Å². The first-order valence-corrected chi connectivity index (χ1v) is 26.8. The Morgan fingerprint density at radius 2 is 0.259 bits per heavy atom. The van der Waals surface area contributed by atoms with E-state index in [2.05, 4.69) is 27.7 Å². The molecule has 0 heterocycles. The van der Waals surface area contributed by atoms with E-state index in [1.807, 2.05) is 0 Å². The van der Waals surface area contributed by atoms with Gasteiger partial charge in [0.1, 0.15) is 0 Å². The summed E-state index contributed by atoms with van der Waals surface area (Å²) >= 11 is 0. The van der Waals surface area contributed by atoms with Gasteiger partial charge < -0.3 is 0 Å². The lowest BCUT2D eigenvalue weighted by Gasteiger charge is -2.28. The molecule has 0 N–H and O–H groups in total. The number of hydrogen-bond acceptors (Lipinski definition) is 0. The van der Waals surface area contributed by atoms with Gasteiger partial charge in [-0.15, -0.1) is 0 Å². The molecule has 0 aromatic carbocycles. The van der Waals surface area contributed by atoms with Crippen LogP contribution in [0.4, 0.5) is 0 Å². The molecule has 0 nitrogen and oxygen atoms in total. The zero-order chi connectivity index (χ0) is 39.1. The maximum atomic E-state index is 2.34. The molecule has 0 unspecified atom stereocenters. The van der Waals surface area contributed by atoms with Crippen LogP contribution < -0.4 is 0 Å². The molecule has 0 saturated heterocycles. The van der Waals surface area contributed by atoms with Crippen LogP contribution in [0, 0.1) is 11.8 Å². The van der Waals surface area contributed by atoms with Gasteiger partial charge in [-0.1, -0.05) is 336 Å². The fourth-order valence-corrected chi connectivity index (χ4v) is 9.51. The largest absolute Gasteiger partial charge is 0.0654 e. The summed E-state index contributed by atoms with van der Waals surface area (Å²) in [6.45, 7) is 9.34. The molecular formula is C54H110. The Labute approximate surface area is 346 Å². The van der Waals surface area contributed by atoms with Crippen LogP contribution in [0.25, 0.3) is 0 Å². The fraction of sp³-hybridized carbons (Fsp3) is 1.00. The second-order valence-electron chi connectivity index (χ2n) is 18.8. The molecule has 0 radical (unpaired) electrons. The van der Waals surface area contributed by atoms with Crippen LogP contribution in [-0.4, -0.2) is 0 Å². The summed E-state index contributed by atoms with van der Waals surface area (Å²) < 4.78 is 0. The molecular weight excluding hydrogens is 649 g/mol. The molecule has 0 amide bonds. The van der Waals surface area contributed by atoms with Crippen molar-refractivity contribution in [3.05, 3.63) is 0 Å². The molecule has 54 heavy (non-hydrogen) atoms. The molecule has 0 aromatic rings. The first-order chi connectivity index (χ1) is 26.8. The lowest BCUT2D eigenvalue weighted by molar-refractivity contribution is 0.236. The zero-order valence-electron chi connectivity index (χ0n) is 39.1. The minimum Gasteiger partial charge on any atom is -0.0654 e. The minimum atomic E-state index is 1.02. The number of unbranched alkanes of at least 4 members (excludes halogenated alkanes) is 40.